The highest BCUT2D eigenvalue weighted by molar-refractivity contribution is 14.1. The van der Waals surface area contributed by atoms with Gasteiger partial charge in [-0.1, -0.05) is 0 Å². The summed E-state index contributed by atoms with van der Waals surface area (Å²) in [6.07, 6.45) is 0. The van der Waals surface area contributed by atoms with Gasteiger partial charge >= 0.3 is 0 Å². The molecule has 0 spiro atoms. The Kier molecular flexibility index (Phi) is 3.73. The Balaban J connectivity index is 2.89. The van der Waals surface area contributed by atoms with Crippen molar-refractivity contribution in [1.82, 2.24) is 0 Å². The monoisotopic (exact) mass is 356 g/mol. The molecule has 12 heavy (non-hydrogen) atoms. The maximum atomic E-state index is 5.32. The summed E-state index contributed by atoms with van der Waals surface area (Å²) in [5.41, 5.74) is 6.23. The lowest BCUT2D eigenvalue weighted by Gasteiger charge is -2.04. The summed E-state index contributed by atoms with van der Waals surface area (Å²) in [6.45, 7) is 0. The molecule has 0 atom stereocenters. The van der Waals surface area contributed by atoms with Gasteiger partial charge in [0.1, 0.15) is 0 Å². The number of anilines is 1. The molecule has 3 N–H and O–H groups in total. The summed E-state index contributed by atoms with van der Waals surface area (Å²) >= 11 is 10.3. The average molecular weight is 357 g/mol. The molecule has 0 fully saturated rings. The highest BCUT2D eigenvalue weighted by Crippen LogP contribution is 2.22. The lowest BCUT2D eigenvalue weighted by atomic mass is 10.3. The summed E-state index contributed by atoms with van der Waals surface area (Å²) in [6, 6.07) is 5.82. The van der Waals surface area contributed by atoms with Gasteiger partial charge in [0, 0.05) is 13.7 Å². The van der Waals surface area contributed by atoms with Gasteiger partial charge in [-0.15, -0.1) is 0 Å². The van der Waals surface area contributed by atoms with Crippen LogP contribution in [0.15, 0.2) is 22.7 Å². The standard InChI is InChI=1S/C7H6BrIN2S/c8-5-2-1-4(3-6(5)9)11-7(10)12/h1-3H,(H3,10,11,12). The number of thiocarbonyl (C=S) groups is 1. The summed E-state index contributed by atoms with van der Waals surface area (Å²) in [4.78, 5) is 0. The van der Waals surface area contributed by atoms with E-state index in [0.29, 0.717) is 0 Å². The predicted molar refractivity (Wildman–Crippen MR) is 67.3 cm³/mol. The van der Waals surface area contributed by atoms with Gasteiger partial charge in [0.2, 0.25) is 0 Å². The highest BCUT2D eigenvalue weighted by atomic mass is 127. The molecular weight excluding hydrogens is 351 g/mol. The van der Waals surface area contributed by atoms with Crippen LogP contribution in [0.5, 0.6) is 0 Å². The van der Waals surface area contributed by atoms with Crippen molar-refractivity contribution in [1.29, 1.82) is 0 Å². The van der Waals surface area contributed by atoms with Crippen LogP contribution in [0.4, 0.5) is 5.69 Å². The van der Waals surface area contributed by atoms with Gasteiger partial charge in [-0.05, 0) is 68.9 Å². The topological polar surface area (TPSA) is 38.0 Å². The van der Waals surface area contributed by atoms with Crippen molar-refractivity contribution >= 4 is 61.5 Å². The highest BCUT2D eigenvalue weighted by Gasteiger charge is 1.97. The Morgan fingerprint density at radius 1 is 1.58 bits per heavy atom. The van der Waals surface area contributed by atoms with Crippen LogP contribution in [0.25, 0.3) is 0 Å². The molecule has 0 saturated heterocycles. The molecular formula is C7H6BrIN2S. The summed E-state index contributed by atoms with van der Waals surface area (Å²) in [7, 11) is 0. The minimum absolute atomic E-state index is 0.285. The first-order valence-electron chi connectivity index (χ1n) is 3.11. The fraction of sp³-hybridized carbons (Fsp3) is 0. The van der Waals surface area contributed by atoms with Gasteiger partial charge in [0.25, 0.3) is 0 Å². The van der Waals surface area contributed by atoms with E-state index in [1.54, 1.807) is 0 Å². The van der Waals surface area contributed by atoms with Gasteiger partial charge in [-0.2, -0.15) is 0 Å². The second-order valence-corrected chi connectivity index (χ2v) is 4.57. The fourth-order valence-corrected chi connectivity index (χ4v) is 1.60. The van der Waals surface area contributed by atoms with Crippen molar-refractivity contribution in [2.75, 3.05) is 5.32 Å². The van der Waals surface area contributed by atoms with Gasteiger partial charge in [0.05, 0.1) is 0 Å². The number of hydrogen-bond donors (Lipinski definition) is 2. The largest absolute Gasteiger partial charge is 0.376 e. The molecule has 0 aliphatic rings. The number of benzene rings is 1. The zero-order valence-corrected chi connectivity index (χ0v) is 10.5. The predicted octanol–water partition coefficient (Wildman–Crippen LogP) is 2.71. The molecule has 64 valence electrons. The van der Waals surface area contributed by atoms with Crippen LogP contribution >= 0.6 is 50.7 Å². The molecule has 1 rings (SSSR count). The van der Waals surface area contributed by atoms with E-state index in [2.05, 4.69) is 43.8 Å². The molecule has 0 heterocycles. The van der Waals surface area contributed by atoms with Crippen LogP contribution in [0.2, 0.25) is 0 Å². The van der Waals surface area contributed by atoms with Crippen LogP contribution < -0.4 is 11.1 Å². The minimum atomic E-state index is 0.285. The van der Waals surface area contributed by atoms with Crippen LogP contribution in [-0.2, 0) is 0 Å². The molecule has 0 aromatic heterocycles. The number of nitrogens with two attached hydrogens (primary N) is 1. The summed E-state index contributed by atoms with van der Waals surface area (Å²) in [5, 5.41) is 3.14. The first-order valence-corrected chi connectivity index (χ1v) is 5.39. The molecule has 0 amide bonds. The first-order chi connectivity index (χ1) is 5.59. The van der Waals surface area contributed by atoms with E-state index in [0.717, 1.165) is 13.7 Å². The van der Waals surface area contributed by atoms with Crippen molar-refractivity contribution in [3.63, 3.8) is 0 Å². The smallest absolute Gasteiger partial charge is 0.168 e. The van der Waals surface area contributed by atoms with Gasteiger partial charge in [0.15, 0.2) is 5.11 Å². The van der Waals surface area contributed by atoms with Gasteiger partial charge < -0.3 is 11.1 Å². The first kappa shape index (κ1) is 10.2. The molecule has 0 unspecified atom stereocenters. The lowest BCUT2D eigenvalue weighted by molar-refractivity contribution is 1.54. The summed E-state index contributed by atoms with van der Waals surface area (Å²) < 4.78 is 2.19. The second kappa shape index (κ2) is 4.38. The maximum Gasteiger partial charge on any atom is 0.168 e. The van der Waals surface area contributed by atoms with Crippen molar-refractivity contribution in [3.8, 4) is 0 Å². The van der Waals surface area contributed by atoms with Crippen molar-refractivity contribution in [3.05, 3.63) is 26.2 Å². The van der Waals surface area contributed by atoms with Crippen LogP contribution in [0.3, 0.4) is 0 Å². The normalized spacial score (nSPS) is 9.50. The van der Waals surface area contributed by atoms with Crippen LogP contribution in [0.1, 0.15) is 0 Å². The van der Waals surface area contributed by atoms with Gasteiger partial charge in [-0.3, -0.25) is 0 Å². The van der Waals surface area contributed by atoms with Crippen LogP contribution in [-0.4, -0.2) is 5.11 Å². The quantitative estimate of drug-likeness (QED) is 0.600. The van der Waals surface area contributed by atoms with E-state index < -0.39 is 0 Å². The SMILES string of the molecule is NC(=S)Nc1ccc(Br)c(I)c1. The van der Waals surface area contributed by atoms with E-state index >= 15 is 0 Å². The Morgan fingerprint density at radius 2 is 2.25 bits per heavy atom. The third-order valence-corrected chi connectivity index (χ3v) is 3.61. The van der Waals surface area contributed by atoms with Crippen molar-refractivity contribution in [2.24, 2.45) is 5.73 Å². The van der Waals surface area contributed by atoms with E-state index in [1.165, 1.54) is 0 Å². The minimum Gasteiger partial charge on any atom is -0.376 e. The Labute approximate surface area is 98.2 Å². The zero-order chi connectivity index (χ0) is 9.14. The number of rotatable bonds is 1. The third-order valence-electron chi connectivity index (χ3n) is 1.19. The van der Waals surface area contributed by atoms with E-state index in [1.807, 2.05) is 18.2 Å². The molecule has 2 nitrogen and oxygen atoms in total. The second-order valence-electron chi connectivity index (χ2n) is 2.12. The lowest BCUT2D eigenvalue weighted by Crippen LogP contribution is -2.18. The Morgan fingerprint density at radius 3 is 2.75 bits per heavy atom. The molecule has 1 aromatic rings. The number of nitrogens with one attached hydrogen (secondary N) is 1. The number of halogens is 2. The molecule has 5 heteroatoms. The molecule has 0 saturated carbocycles. The Hall–Kier alpha value is 0.120. The molecule has 0 radical (unpaired) electrons. The average Bonchev–Trinajstić information content (AvgIpc) is 1.96. The zero-order valence-electron chi connectivity index (χ0n) is 5.97. The Bertz CT molecular complexity index is 316. The number of hydrogen-bond acceptors (Lipinski definition) is 1. The molecule has 1 aromatic carbocycles. The van der Waals surface area contributed by atoms with Gasteiger partial charge in [-0.25, -0.2) is 0 Å². The van der Waals surface area contributed by atoms with E-state index in [4.69, 9.17) is 18.0 Å². The maximum absolute atomic E-state index is 5.32. The molecule has 0 bridgehead atoms. The fourth-order valence-electron chi connectivity index (χ4n) is 0.716. The van der Waals surface area contributed by atoms with Crippen molar-refractivity contribution < 1.29 is 0 Å². The molecule has 0 aliphatic heterocycles. The summed E-state index contributed by atoms with van der Waals surface area (Å²) in [5.74, 6) is 0. The van der Waals surface area contributed by atoms with Crippen LogP contribution in [0, 0.1) is 3.57 Å². The van der Waals surface area contributed by atoms with Crippen molar-refractivity contribution in [2.45, 2.75) is 0 Å². The van der Waals surface area contributed by atoms with E-state index in [9.17, 15) is 0 Å². The third kappa shape index (κ3) is 2.87. The molecule has 0 aliphatic carbocycles. The van der Waals surface area contributed by atoms with E-state index in [-0.39, 0.29) is 5.11 Å².